The van der Waals surface area contributed by atoms with Gasteiger partial charge >= 0.3 is 5.97 Å². The number of benzene rings is 3. The number of ether oxygens (including phenoxy) is 2. The highest BCUT2D eigenvalue weighted by Crippen LogP contribution is 2.30. The minimum Gasteiger partial charge on any atom is -0.481 e. The van der Waals surface area contributed by atoms with Crippen molar-refractivity contribution in [2.45, 2.75) is 33.1 Å². The van der Waals surface area contributed by atoms with Crippen molar-refractivity contribution in [1.29, 1.82) is 0 Å². The molecule has 4 aromatic rings. The molecule has 0 spiro atoms. The second-order valence-electron chi connectivity index (χ2n) is 8.23. The van der Waals surface area contributed by atoms with Crippen LogP contribution >= 0.6 is 0 Å². The number of aromatic nitrogens is 2. The third-order valence-electron chi connectivity index (χ3n) is 5.54. The molecule has 3 aromatic carbocycles. The van der Waals surface area contributed by atoms with Gasteiger partial charge in [-0.25, -0.2) is 14.8 Å². The molecule has 1 aromatic heterocycles. The van der Waals surface area contributed by atoms with E-state index < -0.39 is 5.97 Å². The predicted octanol–water partition coefficient (Wildman–Crippen LogP) is 6.21. The summed E-state index contributed by atoms with van der Waals surface area (Å²) >= 11 is 0. The standard InChI is InChI=1S/C29H26N2O3/c1-5-16-33-23-14-15-26-25(18-23)27(22-12-10-21(11-13-22)19(3)4)31-28(30-26)29(32)34-24-9-7-8-20(6-2)17-24/h1,7-15,17-19H,6,16H2,2-4H3. The lowest BCUT2D eigenvalue weighted by Gasteiger charge is -2.12. The van der Waals surface area contributed by atoms with Crippen LogP contribution in [0.1, 0.15) is 48.4 Å². The Labute approximate surface area is 199 Å². The molecule has 34 heavy (non-hydrogen) atoms. The fourth-order valence-electron chi connectivity index (χ4n) is 3.64. The smallest absolute Gasteiger partial charge is 0.381 e. The monoisotopic (exact) mass is 450 g/mol. The fourth-order valence-corrected chi connectivity index (χ4v) is 3.64. The molecule has 0 aliphatic rings. The lowest BCUT2D eigenvalue weighted by Crippen LogP contribution is -2.14. The number of aryl methyl sites for hydroxylation is 1. The van der Waals surface area contributed by atoms with Crippen LogP contribution in [0.5, 0.6) is 11.5 Å². The Hall–Kier alpha value is -4.17. The molecule has 5 heteroatoms. The molecule has 0 saturated carbocycles. The Morgan fingerprint density at radius 3 is 2.50 bits per heavy atom. The largest absolute Gasteiger partial charge is 0.481 e. The van der Waals surface area contributed by atoms with Crippen molar-refractivity contribution in [2.24, 2.45) is 0 Å². The van der Waals surface area contributed by atoms with Crippen LogP contribution in [0, 0.1) is 12.3 Å². The summed E-state index contributed by atoms with van der Waals surface area (Å²) in [6.45, 7) is 6.50. The minimum atomic E-state index is -0.608. The molecule has 5 nitrogen and oxygen atoms in total. The van der Waals surface area contributed by atoms with E-state index in [0.29, 0.717) is 28.6 Å². The zero-order valence-corrected chi connectivity index (χ0v) is 19.5. The first-order valence-corrected chi connectivity index (χ1v) is 11.3. The molecule has 1 heterocycles. The van der Waals surface area contributed by atoms with Crippen LogP contribution in [0.2, 0.25) is 0 Å². The van der Waals surface area contributed by atoms with E-state index in [2.05, 4.69) is 41.9 Å². The molecule has 0 radical (unpaired) electrons. The Balaban J connectivity index is 1.78. The molecular formula is C29H26N2O3. The van der Waals surface area contributed by atoms with Gasteiger partial charge in [-0.1, -0.05) is 63.1 Å². The molecule has 0 fully saturated rings. The number of carbonyl (C=O) groups is 1. The summed E-state index contributed by atoms with van der Waals surface area (Å²) in [6, 6.07) is 21.0. The maximum Gasteiger partial charge on any atom is 0.381 e. The van der Waals surface area contributed by atoms with Gasteiger partial charge in [0, 0.05) is 10.9 Å². The number of rotatable bonds is 7. The van der Waals surface area contributed by atoms with Gasteiger partial charge in [0.05, 0.1) is 11.2 Å². The molecular weight excluding hydrogens is 424 g/mol. The van der Waals surface area contributed by atoms with Crippen molar-refractivity contribution >= 4 is 16.9 Å². The summed E-state index contributed by atoms with van der Waals surface area (Å²) in [5, 5.41) is 0.761. The molecule has 0 unspecified atom stereocenters. The van der Waals surface area contributed by atoms with Gasteiger partial charge < -0.3 is 9.47 Å². The summed E-state index contributed by atoms with van der Waals surface area (Å²) in [5.41, 5.74) is 4.40. The molecule has 0 aliphatic heterocycles. The number of esters is 1. The quantitative estimate of drug-likeness (QED) is 0.190. The Morgan fingerprint density at radius 1 is 1.00 bits per heavy atom. The van der Waals surface area contributed by atoms with Crippen molar-refractivity contribution < 1.29 is 14.3 Å². The van der Waals surface area contributed by atoms with Crippen molar-refractivity contribution in [2.75, 3.05) is 6.61 Å². The van der Waals surface area contributed by atoms with E-state index in [9.17, 15) is 4.79 Å². The van der Waals surface area contributed by atoms with Crippen molar-refractivity contribution in [3.63, 3.8) is 0 Å². The van der Waals surface area contributed by atoms with Gasteiger partial charge in [-0.2, -0.15) is 0 Å². The fraction of sp³-hybridized carbons (Fsp3) is 0.207. The molecule has 4 rings (SSSR count). The van der Waals surface area contributed by atoms with Gasteiger partial charge in [0.15, 0.2) is 0 Å². The second-order valence-corrected chi connectivity index (χ2v) is 8.23. The maximum absolute atomic E-state index is 13.0. The molecule has 0 amide bonds. The Kier molecular flexibility index (Phi) is 6.89. The van der Waals surface area contributed by atoms with Crippen LogP contribution in [0.3, 0.4) is 0 Å². The van der Waals surface area contributed by atoms with Gasteiger partial charge in [-0.05, 0) is 53.8 Å². The van der Waals surface area contributed by atoms with Gasteiger partial charge in [0.1, 0.15) is 18.1 Å². The van der Waals surface area contributed by atoms with Gasteiger partial charge in [-0.15, -0.1) is 6.42 Å². The van der Waals surface area contributed by atoms with E-state index in [1.54, 1.807) is 18.2 Å². The topological polar surface area (TPSA) is 61.3 Å². The molecule has 0 aliphatic carbocycles. The van der Waals surface area contributed by atoms with Crippen LogP contribution in [0.15, 0.2) is 66.7 Å². The maximum atomic E-state index is 13.0. The normalized spacial score (nSPS) is 10.8. The van der Waals surface area contributed by atoms with E-state index in [1.807, 2.05) is 43.3 Å². The third-order valence-corrected chi connectivity index (χ3v) is 5.54. The van der Waals surface area contributed by atoms with E-state index in [1.165, 1.54) is 5.56 Å². The molecule has 0 N–H and O–H groups in total. The van der Waals surface area contributed by atoms with Gasteiger partial charge in [0.25, 0.3) is 0 Å². The summed E-state index contributed by atoms with van der Waals surface area (Å²) in [7, 11) is 0. The highest BCUT2D eigenvalue weighted by Gasteiger charge is 2.18. The molecule has 0 saturated heterocycles. The van der Waals surface area contributed by atoms with E-state index in [-0.39, 0.29) is 12.4 Å². The first-order chi connectivity index (χ1) is 16.5. The number of hydrogen-bond acceptors (Lipinski definition) is 5. The van der Waals surface area contributed by atoms with E-state index >= 15 is 0 Å². The number of carbonyl (C=O) groups excluding carboxylic acids is 1. The van der Waals surface area contributed by atoms with Crippen LogP contribution < -0.4 is 9.47 Å². The van der Waals surface area contributed by atoms with Gasteiger partial charge in [-0.3, -0.25) is 0 Å². The van der Waals surface area contributed by atoms with Crippen LogP contribution in [-0.4, -0.2) is 22.5 Å². The van der Waals surface area contributed by atoms with Crippen molar-refractivity contribution in [1.82, 2.24) is 9.97 Å². The van der Waals surface area contributed by atoms with E-state index in [0.717, 1.165) is 22.9 Å². The lowest BCUT2D eigenvalue weighted by molar-refractivity contribution is 0.0722. The second kappa shape index (κ2) is 10.2. The zero-order chi connectivity index (χ0) is 24.1. The minimum absolute atomic E-state index is 0.00497. The number of nitrogens with zero attached hydrogens (tertiary/aromatic N) is 2. The molecule has 170 valence electrons. The molecule has 0 atom stereocenters. The summed E-state index contributed by atoms with van der Waals surface area (Å²) < 4.78 is 11.2. The van der Waals surface area contributed by atoms with Crippen LogP contribution in [0.4, 0.5) is 0 Å². The van der Waals surface area contributed by atoms with Crippen LogP contribution in [0.25, 0.3) is 22.2 Å². The first kappa shape index (κ1) is 23.0. The Morgan fingerprint density at radius 2 is 1.79 bits per heavy atom. The summed E-state index contributed by atoms with van der Waals surface area (Å²) in [4.78, 5) is 22.1. The van der Waals surface area contributed by atoms with Gasteiger partial charge in [0.2, 0.25) is 5.82 Å². The number of terminal acetylenes is 1. The Bertz CT molecular complexity index is 1370. The average molecular weight is 451 g/mol. The molecule has 0 bridgehead atoms. The summed E-state index contributed by atoms with van der Waals surface area (Å²) in [5.74, 6) is 3.34. The van der Waals surface area contributed by atoms with Crippen molar-refractivity contribution in [3.05, 3.63) is 83.7 Å². The number of fused-ring (bicyclic) bond motifs is 1. The van der Waals surface area contributed by atoms with Crippen LogP contribution in [-0.2, 0) is 6.42 Å². The SMILES string of the molecule is C#CCOc1ccc2nc(C(=O)Oc3cccc(CC)c3)nc(-c3ccc(C(C)C)cc3)c2c1. The zero-order valence-electron chi connectivity index (χ0n) is 19.5. The summed E-state index contributed by atoms with van der Waals surface area (Å²) in [6.07, 6.45) is 6.18. The third kappa shape index (κ3) is 5.07. The highest BCUT2D eigenvalue weighted by molar-refractivity contribution is 5.97. The van der Waals surface area contributed by atoms with E-state index in [4.69, 9.17) is 15.9 Å². The number of hydrogen-bond donors (Lipinski definition) is 0. The first-order valence-electron chi connectivity index (χ1n) is 11.3. The predicted molar refractivity (Wildman–Crippen MR) is 134 cm³/mol. The lowest BCUT2D eigenvalue weighted by atomic mass is 9.99. The van der Waals surface area contributed by atoms with Crippen molar-refractivity contribution in [3.8, 4) is 35.1 Å². The average Bonchev–Trinajstić information content (AvgIpc) is 2.86. The highest BCUT2D eigenvalue weighted by atomic mass is 16.5.